The summed E-state index contributed by atoms with van der Waals surface area (Å²) in [7, 11) is 0.487. The molecule has 0 heterocycles. The van der Waals surface area contributed by atoms with Gasteiger partial charge in [-0.25, -0.2) is 13.1 Å². The molecule has 1 saturated carbocycles. The van der Waals surface area contributed by atoms with Gasteiger partial charge in [-0.15, -0.1) is 0 Å². The third kappa shape index (κ3) is 9.34. The van der Waals surface area contributed by atoms with E-state index < -0.39 is 10.0 Å². The summed E-state index contributed by atoms with van der Waals surface area (Å²) in [5.41, 5.74) is 0. The van der Waals surface area contributed by atoms with Crippen molar-refractivity contribution in [3.63, 3.8) is 0 Å². The van der Waals surface area contributed by atoms with Crippen molar-refractivity contribution in [2.75, 3.05) is 52.7 Å². The zero-order chi connectivity index (χ0) is 14.1. The van der Waals surface area contributed by atoms with Crippen LogP contribution in [0.2, 0.25) is 0 Å². The van der Waals surface area contributed by atoms with Gasteiger partial charge in [-0.3, -0.25) is 0 Å². The first-order chi connectivity index (χ1) is 9.03. The van der Waals surface area contributed by atoms with Crippen LogP contribution in [-0.2, 0) is 14.8 Å². The fourth-order valence-corrected chi connectivity index (χ4v) is 2.75. The standard InChI is InChI=1S/C12H27N3O3S/c1-15(9-10-18-2)8-7-14-19(16,17)11-3-6-13-12-4-5-12/h12-14H,3-11H2,1-2H3. The lowest BCUT2D eigenvalue weighted by molar-refractivity contribution is 0.162. The molecule has 19 heavy (non-hydrogen) atoms. The third-order valence-electron chi connectivity index (χ3n) is 3.09. The second-order valence-electron chi connectivity index (χ2n) is 5.09. The lowest BCUT2D eigenvalue weighted by Crippen LogP contribution is -2.36. The van der Waals surface area contributed by atoms with Crippen LogP contribution in [0.1, 0.15) is 19.3 Å². The predicted octanol–water partition coefficient (Wildman–Crippen LogP) is -0.374. The molecule has 0 unspecified atom stereocenters. The Labute approximate surface area is 116 Å². The first-order valence-corrected chi connectivity index (χ1v) is 8.57. The van der Waals surface area contributed by atoms with Crippen molar-refractivity contribution in [2.24, 2.45) is 0 Å². The van der Waals surface area contributed by atoms with Gasteiger partial charge in [-0.2, -0.15) is 0 Å². The van der Waals surface area contributed by atoms with Gasteiger partial charge in [0.2, 0.25) is 10.0 Å². The molecule has 0 amide bonds. The van der Waals surface area contributed by atoms with Gasteiger partial charge in [0.05, 0.1) is 12.4 Å². The minimum atomic E-state index is -3.12. The SMILES string of the molecule is COCCN(C)CCNS(=O)(=O)CCCNC1CC1. The Bertz CT molecular complexity index is 331. The quantitative estimate of drug-likeness (QED) is 0.480. The van der Waals surface area contributed by atoms with Crippen molar-refractivity contribution >= 4 is 10.0 Å². The van der Waals surface area contributed by atoms with E-state index in [1.165, 1.54) is 12.8 Å². The van der Waals surface area contributed by atoms with Gasteiger partial charge in [0, 0.05) is 32.8 Å². The molecule has 0 aromatic heterocycles. The number of sulfonamides is 1. The lowest BCUT2D eigenvalue weighted by Gasteiger charge is -2.16. The van der Waals surface area contributed by atoms with Crippen LogP contribution in [-0.4, -0.2) is 72.1 Å². The lowest BCUT2D eigenvalue weighted by atomic mass is 10.5. The highest BCUT2D eigenvalue weighted by Crippen LogP contribution is 2.18. The van der Waals surface area contributed by atoms with Crippen LogP contribution >= 0.6 is 0 Å². The summed E-state index contributed by atoms with van der Waals surface area (Å²) >= 11 is 0. The van der Waals surface area contributed by atoms with Crippen molar-refractivity contribution in [1.82, 2.24) is 14.9 Å². The summed E-state index contributed by atoms with van der Waals surface area (Å²) in [6, 6.07) is 0.644. The molecule has 1 aliphatic rings. The number of likely N-dealkylation sites (N-methyl/N-ethyl adjacent to an activating group) is 1. The number of methoxy groups -OCH3 is 1. The van der Waals surface area contributed by atoms with Gasteiger partial charge in [0.15, 0.2) is 0 Å². The Hall–Kier alpha value is -0.210. The average Bonchev–Trinajstić information content (AvgIpc) is 3.16. The third-order valence-corrected chi connectivity index (χ3v) is 4.56. The van der Waals surface area contributed by atoms with Crippen LogP contribution in [0, 0.1) is 0 Å². The second kappa shape index (κ2) is 8.86. The molecule has 114 valence electrons. The van der Waals surface area contributed by atoms with Crippen molar-refractivity contribution in [1.29, 1.82) is 0 Å². The Morgan fingerprint density at radius 3 is 2.63 bits per heavy atom. The number of ether oxygens (including phenoxy) is 1. The van der Waals surface area contributed by atoms with E-state index in [1.54, 1.807) is 7.11 Å². The minimum Gasteiger partial charge on any atom is -0.383 e. The highest BCUT2D eigenvalue weighted by molar-refractivity contribution is 7.89. The van der Waals surface area contributed by atoms with Crippen LogP contribution in [0.15, 0.2) is 0 Å². The summed E-state index contributed by atoms with van der Waals surface area (Å²) in [5, 5.41) is 3.31. The van der Waals surface area contributed by atoms with Crippen LogP contribution in [0.4, 0.5) is 0 Å². The van der Waals surface area contributed by atoms with E-state index in [-0.39, 0.29) is 5.75 Å². The first-order valence-electron chi connectivity index (χ1n) is 6.92. The van der Waals surface area contributed by atoms with Crippen LogP contribution in [0.5, 0.6) is 0 Å². The molecule has 0 bridgehead atoms. The molecular weight excluding hydrogens is 266 g/mol. The molecule has 1 fully saturated rings. The normalized spacial score (nSPS) is 16.2. The molecule has 0 radical (unpaired) electrons. The van der Waals surface area contributed by atoms with E-state index in [0.717, 1.165) is 13.1 Å². The smallest absolute Gasteiger partial charge is 0.211 e. The maximum Gasteiger partial charge on any atom is 0.211 e. The number of rotatable bonds is 12. The fraction of sp³-hybridized carbons (Fsp3) is 1.00. The molecule has 0 aliphatic heterocycles. The number of hydrogen-bond donors (Lipinski definition) is 2. The van der Waals surface area contributed by atoms with Gasteiger partial charge in [0.25, 0.3) is 0 Å². The summed E-state index contributed by atoms with van der Waals surface area (Å²) < 4.78 is 31.0. The zero-order valence-corrected chi connectivity index (χ0v) is 12.8. The van der Waals surface area contributed by atoms with Crippen LogP contribution in [0.25, 0.3) is 0 Å². The van der Waals surface area contributed by atoms with Gasteiger partial charge in [0.1, 0.15) is 0 Å². The summed E-state index contributed by atoms with van der Waals surface area (Å²) in [6.45, 7) is 3.42. The maximum absolute atomic E-state index is 11.7. The molecule has 7 heteroatoms. The van der Waals surface area contributed by atoms with Gasteiger partial charge >= 0.3 is 0 Å². The Balaban J connectivity index is 2.01. The largest absolute Gasteiger partial charge is 0.383 e. The Morgan fingerprint density at radius 2 is 2.00 bits per heavy atom. The molecule has 6 nitrogen and oxygen atoms in total. The molecule has 0 atom stereocenters. The number of nitrogens with one attached hydrogen (secondary N) is 2. The molecule has 2 N–H and O–H groups in total. The predicted molar refractivity (Wildman–Crippen MR) is 76.8 cm³/mol. The van der Waals surface area contributed by atoms with Crippen LogP contribution < -0.4 is 10.0 Å². The summed E-state index contributed by atoms with van der Waals surface area (Å²) in [4.78, 5) is 2.04. The minimum absolute atomic E-state index is 0.203. The molecule has 1 aliphatic carbocycles. The zero-order valence-electron chi connectivity index (χ0n) is 12.0. The molecular formula is C12H27N3O3S. The second-order valence-corrected chi connectivity index (χ2v) is 7.02. The van der Waals surface area contributed by atoms with Gasteiger partial charge < -0.3 is 15.0 Å². The molecule has 0 spiro atoms. The van der Waals surface area contributed by atoms with Crippen molar-refractivity contribution in [3.05, 3.63) is 0 Å². The van der Waals surface area contributed by atoms with E-state index in [2.05, 4.69) is 10.0 Å². The topological polar surface area (TPSA) is 70.7 Å². The van der Waals surface area contributed by atoms with E-state index in [1.807, 2.05) is 11.9 Å². The first kappa shape index (κ1) is 16.8. The van der Waals surface area contributed by atoms with E-state index in [0.29, 0.717) is 32.2 Å². The Morgan fingerprint density at radius 1 is 1.26 bits per heavy atom. The summed E-state index contributed by atoms with van der Waals surface area (Å²) in [5.74, 6) is 0.203. The van der Waals surface area contributed by atoms with Crippen molar-refractivity contribution < 1.29 is 13.2 Å². The molecule has 0 saturated heterocycles. The van der Waals surface area contributed by atoms with Crippen molar-refractivity contribution in [3.8, 4) is 0 Å². The highest BCUT2D eigenvalue weighted by Gasteiger charge is 2.20. The van der Waals surface area contributed by atoms with Gasteiger partial charge in [-0.1, -0.05) is 0 Å². The molecule has 1 rings (SSSR count). The van der Waals surface area contributed by atoms with Gasteiger partial charge in [-0.05, 0) is 32.9 Å². The maximum atomic E-state index is 11.7. The molecule has 0 aromatic carbocycles. The number of nitrogens with zero attached hydrogens (tertiary/aromatic N) is 1. The Kier molecular flexibility index (Phi) is 7.86. The van der Waals surface area contributed by atoms with E-state index >= 15 is 0 Å². The monoisotopic (exact) mass is 293 g/mol. The highest BCUT2D eigenvalue weighted by atomic mass is 32.2. The summed E-state index contributed by atoms with van der Waals surface area (Å²) in [6.07, 6.45) is 3.14. The van der Waals surface area contributed by atoms with Crippen LogP contribution in [0.3, 0.4) is 0 Å². The average molecular weight is 293 g/mol. The van der Waals surface area contributed by atoms with E-state index in [4.69, 9.17) is 4.74 Å². The van der Waals surface area contributed by atoms with Crippen molar-refractivity contribution in [2.45, 2.75) is 25.3 Å². The number of hydrogen-bond acceptors (Lipinski definition) is 5. The molecule has 0 aromatic rings. The van der Waals surface area contributed by atoms with E-state index in [9.17, 15) is 8.42 Å². The fourth-order valence-electron chi connectivity index (χ4n) is 1.68.